The van der Waals surface area contributed by atoms with E-state index in [0.717, 1.165) is 17.8 Å². The van der Waals surface area contributed by atoms with Crippen molar-refractivity contribution in [3.05, 3.63) is 35.4 Å². The molecule has 0 radical (unpaired) electrons. The van der Waals surface area contributed by atoms with Gasteiger partial charge in [0.1, 0.15) is 0 Å². The Hall–Kier alpha value is -2.90. The number of hydrogen-bond donors (Lipinski definition) is 2. The second kappa shape index (κ2) is 6.25. The summed E-state index contributed by atoms with van der Waals surface area (Å²) < 4.78 is 3.15. The number of aromatic nitrogens is 4. The zero-order valence-corrected chi connectivity index (χ0v) is 12.6. The first-order chi connectivity index (χ1) is 10.4. The maximum Gasteiger partial charge on any atom is 0.358 e. The number of anilines is 1. The zero-order valence-electron chi connectivity index (χ0n) is 12.6. The molecule has 2 heterocycles. The number of aromatic carboxylic acids is 1. The van der Waals surface area contributed by atoms with Crippen molar-refractivity contribution in [1.29, 1.82) is 0 Å². The van der Waals surface area contributed by atoms with Gasteiger partial charge in [0, 0.05) is 37.1 Å². The Morgan fingerprint density at radius 1 is 1.45 bits per heavy atom. The number of amides is 1. The highest BCUT2D eigenvalue weighted by molar-refractivity contribution is 6.05. The van der Waals surface area contributed by atoms with E-state index in [4.69, 9.17) is 5.11 Å². The van der Waals surface area contributed by atoms with E-state index < -0.39 is 11.9 Å². The number of hydrogen-bond acceptors (Lipinski definition) is 4. The van der Waals surface area contributed by atoms with Crippen LogP contribution in [0.25, 0.3) is 6.08 Å². The largest absolute Gasteiger partial charge is 0.476 e. The van der Waals surface area contributed by atoms with Crippen LogP contribution in [-0.2, 0) is 18.4 Å². The van der Waals surface area contributed by atoms with Crippen LogP contribution in [0.3, 0.4) is 0 Å². The van der Waals surface area contributed by atoms with E-state index >= 15 is 0 Å². The molecule has 0 aromatic carbocycles. The number of carboxylic acid groups (broad SMARTS) is 1. The van der Waals surface area contributed by atoms with E-state index in [0.29, 0.717) is 0 Å². The molecule has 8 nitrogen and oxygen atoms in total. The SMILES string of the molecule is CCn1ncc(/C=C/C(=O)Nc2cn(C)nc2C(=O)O)c1C. The van der Waals surface area contributed by atoms with Gasteiger partial charge in [-0.15, -0.1) is 0 Å². The Bertz CT molecular complexity index is 742. The molecule has 0 saturated heterocycles. The van der Waals surface area contributed by atoms with Gasteiger partial charge in [-0.25, -0.2) is 4.79 Å². The van der Waals surface area contributed by atoms with Gasteiger partial charge < -0.3 is 10.4 Å². The van der Waals surface area contributed by atoms with Crippen LogP contribution >= 0.6 is 0 Å². The first-order valence-electron chi connectivity index (χ1n) is 6.70. The molecule has 2 N–H and O–H groups in total. The lowest BCUT2D eigenvalue weighted by molar-refractivity contribution is -0.111. The average molecular weight is 303 g/mol. The molecule has 0 bridgehead atoms. The van der Waals surface area contributed by atoms with Crippen molar-refractivity contribution in [3.8, 4) is 0 Å². The monoisotopic (exact) mass is 303 g/mol. The third-order valence-electron chi connectivity index (χ3n) is 3.14. The fourth-order valence-corrected chi connectivity index (χ4v) is 2.02. The highest BCUT2D eigenvalue weighted by Crippen LogP contribution is 2.14. The fourth-order valence-electron chi connectivity index (χ4n) is 2.02. The predicted octanol–water partition coefficient (Wildman–Crippen LogP) is 1.30. The average Bonchev–Trinajstić information content (AvgIpc) is 2.99. The van der Waals surface area contributed by atoms with Crippen molar-refractivity contribution < 1.29 is 14.7 Å². The molecular formula is C14H17N5O3. The summed E-state index contributed by atoms with van der Waals surface area (Å²) in [5, 5.41) is 19.5. The van der Waals surface area contributed by atoms with Crippen LogP contribution in [-0.4, -0.2) is 36.5 Å². The van der Waals surface area contributed by atoms with Gasteiger partial charge in [0.2, 0.25) is 5.91 Å². The van der Waals surface area contributed by atoms with Crippen LogP contribution < -0.4 is 5.32 Å². The summed E-state index contributed by atoms with van der Waals surface area (Å²) >= 11 is 0. The first-order valence-corrected chi connectivity index (χ1v) is 6.70. The molecule has 0 saturated carbocycles. The van der Waals surface area contributed by atoms with Crippen molar-refractivity contribution >= 4 is 23.6 Å². The molecule has 8 heteroatoms. The van der Waals surface area contributed by atoms with Gasteiger partial charge in [0.15, 0.2) is 5.69 Å². The Labute approximate surface area is 127 Å². The summed E-state index contributed by atoms with van der Waals surface area (Å²) in [5.41, 5.74) is 1.76. The molecule has 2 aromatic rings. The number of carbonyl (C=O) groups excluding carboxylic acids is 1. The van der Waals surface area contributed by atoms with Gasteiger partial charge in [0.25, 0.3) is 0 Å². The predicted molar refractivity (Wildman–Crippen MR) is 80.5 cm³/mol. The minimum Gasteiger partial charge on any atom is -0.476 e. The maximum atomic E-state index is 11.9. The van der Waals surface area contributed by atoms with Crippen molar-refractivity contribution in [1.82, 2.24) is 19.6 Å². The van der Waals surface area contributed by atoms with E-state index in [1.807, 2.05) is 18.5 Å². The lowest BCUT2D eigenvalue weighted by Crippen LogP contribution is -2.11. The van der Waals surface area contributed by atoms with Crippen molar-refractivity contribution in [3.63, 3.8) is 0 Å². The summed E-state index contributed by atoms with van der Waals surface area (Å²) in [7, 11) is 1.58. The minimum absolute atomic E-state index is 0.158. The Kier molecular flexibility index (Phi) is 4.40. The highest BCUT2D eigenvalue weighted by atomic mass is 16.4. The molecule has 2 rings (SSSR count). The van der Waals surface area contributed by atoms with E-state index in [1.54, 1.807) is 19.3 Å². The van der Waals surface area contributed by atoms with Crippen LogP contribution in [0, 0.1) is 6.92 Å². The molecule has 0 aliphatic rings. The van der Waals surface area contributed by atoms with Gasteiger partial charge in [-0.05, 0) is 19.9 Å². The Balaban J connectivity index is 2.11. The quantitative estimate of drug-likeness (QED) is 0.810. The van der Waals surface area contributed by atoms with E-state index in [9.17, 15) is 9.59 Å². The topological polar surface area (TPSA) is 102 Å². The molecule has 1 amide bonds. The summed E-state index contributed by atoms with van der Waals surface area (Å²) in [4.78, 5) is 22.9. The van der Waals surface area contributed by atoms with Crippen LogP contribution in [0.1, 0.15) is 28.7 Å². The molecule has 0 aliphatic carbocycles. The zero-order chi connectivity index (χ0) is 16.3. The number of nitrogens with zero attached hydrogens (tertiary/aromatic N) is 4. The molecular weight excluding hydrogens is 286 g/mol. The van der Waals surface area contributed by atoms with Crippen molar-refractivity contribution in [2.75, 3.05) is 5.32 Å². The van der Waals surface area contributed by atoms with E-state index in [2.05, 4.69) is 15.5 Å². The van der Waals surface area contributed by atoms with Gasteiger partial charge in [-0.3, -0.25) is 14.2 Å². The van der Waals surface area contributed by atoms with Crippen LogP contribution in [0.5, 0.6) is 0 Å². The fraction of sp³-hybridized carbons (Fsp3) is 0.286. The molecule has 0 aliphatic heterocycles. The molecule has 0 spiro atoms. The summed E-state index contributed by atoms with van der Waals surface area (Å²) in [5.74, 6) is -1.63. The lowest BCUT2D eigenvalue weighted by atomic mass is 10.2. The van der Waals surface area contributed by atoms with Crippen LogP contribution in [0.15, 0.2) is 18.5 Å². The third kappa shape index (κ3) is 3.22. The summed E-state index contributed by atoms with van der Waals surface area (Å²) in [6.07, 6.45) is 6.09. The van der Waals surface area contributed by atoms with Gasteiger partial charge in [-0.1, -0.05) is 0 Å². The van der Waals surface area contributed by atoms with Gasteiger partial charge in [0.05, 0.1) is 11.9 Å². The standard InChI is InChI=1S/C14H17N5O3/c1-4-19-9(2)10(7-15-19)5-6-12(20)16-11-8-18(3)17-13(11)14(21)22/h5-8H,4H2,1-3H3,(H,16,20)(H,21,22)/b6-5+. The molecule has 116 valence electrons. The van der Waals surface area contributed by atoms with Gasteiger partial charge >= 0.3 is 5.97 Å². The second-order valence-electron chi connectivity index (χ2n) is 4.69. The van der Waals surface area contributed by atoms with Crippen LogP contribution in [0.2, 0.25) is 0 Å². The molecule has 2 aromatic heterocycles. The highest BCUT2D eigenvalue weighted by Gasteiger charge is 2.16. The molecule has 0 unspecified atom stereocenters. The van der Waals surface area contributed by atoms with Crippen molar-refractivity contribution in [2.45, 2.75) is 20.4 Å². The first kappa shape index (κ1) is 15.5. The summed E-state index contributed by atoms with van der Waals surface area (Å²) in [6.45, 7) is 4.65. The normalized spacial score (nSPS) is 11.0. The van der Waals surface area contributed by atoms with E-state index in [-0.39, 0.29) is 11.4 Å². The van der Waals surface area contributed by atoms with Gasteiger partial charge in [-0.2, -0.15) is 10.2 Å². The van der Waals surface area contributed by atoms with Crippen LogP contribution in [0.4, 0.5) is 5.69 Å². The number of carbonyl (C=O) groups is 2. The smallest absolute Gasteiger partial charge is 0.358 e. The number of aryl methyl sites for hydroxylation is 2. The number of nitrogens with one attached hydrogen (secondary N) is 1. The molecule has 22 heavy (non-hydrogen) atoms. The summed E-state index contributed by atoms with van der Waals surface area (Å²) in [6, 6.07) is 0. The third-order valence-corrected chi connectivity index (χ3v) is 3.14. The second-order valence-corrected chi connectivity index (χ2v) is 4.69. The Morgan fingerprint density at radius 3 is 2.77 bits per heavy atom. The molecule has 0 atom stereocenters. The van der Waals surface area contributed by atoms with Crippen molar-refractivity contribution in [2.24, 2.45) is 7.05 Å². The number of rotatable bonds is 5. The lowest BCUT2D eigenvalue weighted by Gasteiger charge is -2.00. The minimum atomic E-state index is -1.19. The maximum absolute atomic E-state index is 11.9. The van der Waals surface area contributed by atoms with E-state index in [1.165, 1.54) is 17.0 Å². The number of carboxylic acids is 1. The Morgan fingerprint density at radius 2 is 2.18 bits per heavy atom. The molecule has 0 fully saturated rings.